The fourth-order valence-corrected chi connectivity index (χ4v) is 5.60. The van der Waals surface area contributed by atoms with Crippen molar-refractivity contribution in [2.75, 3.05) is 22.1 Å². The number of alkyl halides is 5. The fraction of sp³-hybridized carbons (Fsp3) is 0.250. The van der Waals surface area contributed by atoms with Crippen LogP contribution in [0.2, 0.25) is 0 Å². The zero-order valence-electron chi connectivity index (χ0n) is 31.7. The molecule has 1 aliphatic rings. The van der Waals surface area contributed by atoms with E-state index in [1.54, 1.807) is 27.7 Å². The maximum atomic E-state index is 13.0. The van der Waals surface area contributed by atoms with E-state index in [1.165, 1.54) is 48.8 Å². The van der Waals surface area contributed by atoms with Crippen molar-refractivity contribution in [2.45, 2.75) is 53.1 Å². The molecule has 2 aromatic heterocycles. The molecular weight excluding hydrogens is 766 g/mol. The predicted molar refractivity (Wildman–Crippen MR) is 216 cm³/mol. The molecule has 18 heteroatoms. The smallest absolute Gasteiger partial charge is 0.392 e. The van der Waals surface area contributed by atoms with Crippen molar-refractivity contribution in [1.29, 1.82) is 21.3 Å². The first-order valence-electron chi connectivity index (χ1n) is 17.0. The van der Waals surface area contributed by atoms with Gasteiger partial charge >= 0.3 is 6.18 Å². The number of nitriles is 2. The van der Waals surface area contributed by atoms with E-state index in [1.807, 2.05) is 12.1 Å². The summed E-state index contributed by atoms with van der Waals surface area (Å²) in [4.78, 5) is 33.2. The number of amides is 2. The van der Waals surface area contributed by atoms with Crippen LogP contribution in [-0.4, -0.2) is 45.3 Å². The predicted octanol–water partition coefficient (Wildman–Crippen LogP) is 9.09. The van der Waals surface area contributed by atoms with Crippen LogP contribution in [0.15, 0.2) is 60.9 Å². The summed E-state index contributed by atoms with van der Waals surface area (Å²) < 4.78 is 64.4. The summed E-state index contributed by atoms with van der Waals surface area (Å²) in [6.45, 7) is 7.52. The highest BCUT2D eigenvalue weighted by Gasteiger charge is 2.57. The second kappa shape index (κ2) is 17.8. The van der Waals surface area contributed by atoms with Crippen molar-refractivity contribution in [1.82, 2.24) is 9.97 Å². The van der Waals surface area contributed by atoms with Gasteiger partial charge in [0, 0.05) is 70.5 Å². The maximum absolute atomic E-state index is 13.0. The normalized spacial score (nSPS) is 14.5. The highest BCUT2D eigenvalue weighted by atomic mass is 19.4. The number of pyridine rings is 2. The number of hydrogen-bond acceptors (Lipinski definition) is 10. The lowest BCUT2D eigenvalue weighted by atomic mass is 10.0. The molecule has 0 aliphatic heterocycles. The van der Waals surface area contributed by atoms with Gasteiger partial charge in [0.25, 0.3) is 17.7 Å². The number of nitrogens with one attached hydrogen (secondary N) is 4. The molecule has 2 heterocycles. The summed E-state index contributed by atoms with van der Waals surface area (Å²) in [6.07, 6.45) is -0.261. The van der Waals surface area contributed by atoms with E-state index in [0.717, 1.165) is 6.08 Å². The number of carbonyl (C=O) groups is 2. The molecule has 1 aliphatic carbocycles. The molecule has 1 saturated carbocycles. The van der Waals surface area contributed by atoms with E-state index in [4.69, 9.17) is 32.8 Å². The quantitative estimate of drug-likeness (QED) is 0.0541. The lowest BCUT2D eigenvalue weighted by molar-refractivity contribution is -0.149. The average molecular weight is 813 g/mol. The van der Waals surface area contributed by atoms with Crippen LogP contribution < -0.4 is 22.1 Å². The number of rotatable bonds is 9. The number of carbonyl (C=O) groups excluding carboxylic acids is 2. The van der Waals surface area contributed by atoms with Crippen LogP contribution in [0.3, 0.4) is 0 Å². The van der Waals surface area contributed by atoms with Gasteiger partial charge < -0.3 is 32.9 Å². The Morgan fingerprint density at radius 3 is 1.64 bits per heavy atom. The molecular formula is C40H46F6N10O2. The Labute approximate surface area is 335 Å². The molecule has 1 fully saturated rings. The second-order valence-electron chi connectivity index (χ2n) is 13.4. The summed E-state index contributed by atoms with van der Waals surface area (Å²) >= 11 is 0. The number of aromatic nitrogens is 2. The average Bonchev–Trinajstić information content (AvgIpc) is 3.96. The van der Waals surface area contributed by atoms with E-state index in [0.29, 0.717) is 52.1 Å². The molecule has 0 bridgehead atoms. The van der Waals surface area contributed by atoms with Crippen LogP contribution in [0.4, 0.5) is 49.4 Å². The van der Waals surface area contributed by atoms with Crippen LogP contribution >= 0.6 is 0 Å². The van der Waals surface area contributed by atoms with Gasteiger partial charge in [0.1, 0.15) is 23.5 Å². The molecule has 58 heavy (non-hydrogen) atoms. The molecule has 0 saturated heterocycles. The van der Waals surface area contributed by atoms with Crippen LogP contribution in [0.1, 0.15) is 84.5 Å². The molecule has 0 radical (unpaired) electrons. The van der Waals surface area contributed by atoms with E-state index in [9.17, 15) is 31.5 Å². The van der Waals surface area contributed by atoms with Crippen LogP contribution in [0.25, 0.3) is 0 Å². The largest absolute Gasteiger partial charge is 0.398 e. The molecule has 2 atom stereocenters. The Balaban J connectivity index is 0. The van der Waals surface area contributed by atoms with Crippen LogP contribution in [0.5, 0.6) is 0 Å². The van der Waals surface area contributed by atoms with Gasteiger partial charge in [0.15, 0.2) is 0 Å². The first-order chi connectivity index (χ1) is 26.6. The third-order valence-electron chi connectivity index (χ3n) is 9.29. The first-order valence-corrected chi connectivity index (χ1v) is 17.0. The van der Waals surface area contributed by atoms with E-state index >= 15 is 0 Å². The summed E-state index contributed by atoms with van der Waals surface area (Å²) in [5, 5.41) is 39.4. The standard InChI is InChI=1S/C20H18F3N5O.C20H19F2N5O.FH.4H2/c1-9-10(2)18(27-8-11(9)7-24)19(29)28-12-3-4-16(25)14(5-12)17(26)13-6-15(13)20(21,22)23;1-11-12(2)18(26-10-13(11)9-23)19(28)27-14-4-5-16(24)15(8-14)17(25)6-7-20(3,21)22;;;;;/h3-5,8,13,15,26H,6,25H2,1-2H3,(H,28,29);4-8,10,25H,24H2,1-3H3,(H,27,28);5*1H/b;7-6+,25-17?;;;;;. The highest BCUT2D eigenvalue weighted by Crippen LogP contribution is 2.51. The maximum Gasteiger partial charge on any atom is 0.392 e. The lowest BCUT2D eigenvalue weighted by Gasteiger charge is -2.13. The molecule has 2 aromatic carbocycles. The Bertz CT molecular complexity index is 2430. The molecule has 0 spiro atoms. The third-order valence-corrected chi connectivity index (χ3v) is 9.29. The molecule has 4 aromatic rings. The highest BCUT2D eigenvalue weighted by molar-refractivity contribution is 6.12. The van der Waals surface area contributed by atoms with Crippen molar-refractivity contribution in [2.24, 2.45) is 11.8 Å². The molecule has 5 rings (SSSR count). The van der Waals surface area contributed by atoms with Crippen LogP contribution in [-0.2, 0) is 0 Å². The Morgan fingerprint density at radius 1 is 0.810 bits per heavy atom. The van der Waals surface area contributed by atoms with Gasteiger partial charge in [-0.05, 0) is 105 Å². The number of nitrogen functional groups attached to an aromatic ring is 2. The number of anilines is 4. The van der Waals surface area contributed by atoms with Crippen molar-refractivity contribution in [3.05, 3.63) is 117 Å². The number of nitrogens with zero attached hydrogens (tertiary/aromatic N) is 4. The summed E-state index contributed by atoms with van der Waals surface area (Å²) in [5.74, 6) is -6.53. The van der Waals surface area contributed by atoms with Crippen LogP contribution in [0, 0.1) is 73.0 Å². The topological polar surface area (TPSA) is 231 Å². The summed E-state index contributed by atoms with van der Waals surface area (Å²) in [7, 11) is 0. The van der Waals surface area contributed by atoms with E-state index < -0.39 is 35.7 Å². The van der Waals surface area contributed by atoms with Gasteiger partial charge in [-0.3, -0.25) is 14.3 Å². The van der Waals surface area contributed by atoms with Gasteiger partial charge in [0.2, 0.25) is 0 Å². The molecule has 12 nitrogen and oxygen atoms in total. The molecule has 310 valence electrons. The molecule has 2 amide bonds. The van der Waals surface area contributed by atoms with Crippen molar-refractivity contribution in [3.63, 3.8) is 0 Å². The fourth-order valence-electron chi connectivity index (χ4n) is 5.60. The Kier molecular flexibility index (Phi) is 13.9. The summed E-state index contributed by atoms with van der Waals surface area (Å²) in [6, 6.07) is 12.8. The van der Waals surface area contributed by atoms with E-state index in [-0.39, 0.29) is 67.8 Å². The Hall–Kier alpha value is -7.08. The Morgan fingerprint density at radius 2 is 1.24 bits per heavy atom. The van der Waals surface area contributed by atoms with Crippen molar-refractivity contribution in [3.8, 4) is 12.1 Å². The minimum atomic E-state index is -4.34. The zero-order valence-corrected chi connectivity index (χ0v) is 31.7. The second-order valence-corrected chi connectivity index (χ2v) is 13.4. The van der Waals surface area contributed by atoms with Gasteiger partial charge in [0.05, 0.1) is 22.8 Å². The summed E-state index contributed by atoms with van der Waals surface area (Å²) in [5.41, 5.74) is 16.1. The van der Waals surface area contributed by atoms with Gasteiger partial charge in [-0.25, -0.2) is 18.7 Å². The first kappa shape index (κ1) is 45.3. The number of nitrogens with two attached hydrogens (primary N) is 2. The zero-order chi connectivity index (χ0) is 42.6. The number of halogens is 6. The molecule has 8 N–H and O–H groups in total. The SMILES string of the molecule is Cc1c(C#N)cnc(C(=O)Nc2ccc(N)c(C(=N)/C=C/C(C)(F)F)c2)c1C.Cc1c(C#N)cnc(C(=O)Nc2ccc(N)c(C(=N)C3CC3C(F)(F)F)c2)c1C.F.[HH].[HH].[HH].[HH]. The lowest BCUT2D eigenvalue weighted by Crippen LogP contribution is -2.18. The molecule has 2 unspecified atom stereocenters. The minimum Gasteiger partial charge on any atom is -0.398 e. The van der Waals surface area contributed by atoms with Gasteiger partial charge in [-0.15, -0.1) is 0 Å². The minimum absolute atomic E-state index is 0. The van der Waals surface area contributed by atoms with Crippen molar-refractivity contribution < 1.29 is 42.0 Å². The third kappa shape index (κ3) is 10.6. The number of hydrogen-bond donors (Lipinski definition) is 6. The monoisotopic (exact) mass is 812 g/mol. The number of allylic oxidation sites excluding steroid dienone is 2. The van der Waals surface area contributed by atoms with Gasteiger partial charge in [-0.1, -0.05) is 0 Å². The van der Waals surface area contributed by atoms with Gasteiger partial charge in [-0.2, -0.15) is 23.7 Å². The van der Waals surface area contributed by atoms with E-state index in [2.05, 4.69) is 20.6 Å². The van der Waals surface area contributed by atoms with Crippen molar-refractivity contribution >= 4 is 46.0 Å². The number of benzene rings is 2.